The fourth-order valence-electron chi connectivity index (χ4n) is 2.91. The van der Waals surface area contributed by atoms with E-state index in [-0.39, 0.29) is 37.1 Å². The maximum atomic E-state index is 13.0. The van der Waals surface area contributed by atoms with Gasteiger partial charge < -0.3 is 4.90 Å². The molecule has 0 saturated carbocycles. The number of hydrogen-bond donors (Lipinski definition) is 0. The van der Waals surface area contributed by atoms with E-state index in [4.69, 9.17) is 11.6 Å². The van der Waals surface area contributed by atoms with Gasteiger partial charge in [-0.15, -0.1) is 0 Å². The minimum absolute atomic E-state index is 0.0542. The van der Waals surface area contributed by atoms with Crippen LogP contribution in [0.2, 0.25) is 5.02 Å². The molecule has 1 fully saturated rings. The van der Waals surface area contributed by atoms with E-state index in [2.05, 4.69) is 4.98 Å². The van der Waals surface area contributed by atoms with Crippen LogP contribution in [0.1, 0.15) is 11.1 Å². The van der Waals surface area contributed by atoms with E-state index in [0.29, 0.717) is 6.07 Å². The molecule has 0 N–H and O–H groups in total. The van der Waals surface area contributed by atoms with Crippen LogP contribution in [-0.2, 0) is 21.0 Å². The zero-order valence-electron chi connectivity index (χ0n) is 15.5. The summed E-state index contributed by atoms with van der Waals surface area (Å²) < 4.78 is 65.6. The van der Waals surface area contributed by atoms with Crippen molar-refractivity contribution in [2.24, 2.45) is 0 Å². The van der Waals surface area contributed by atoms with Crippen LogP contribution in [0.4, 0.5) is 13.2 Å². The maximum Gasteiger partial charge on any atom is 0.416 e. The number of halogens is 4. The largest absolute Gasteiger partial charge is 0.416 e. The molecule has 0 bridgehead atoms. The van der Waals surface area contributed by atoms with Gasteiger partial charge in [0.15, 0.2) is 0 Å². The van der Waals surface area contributed by atoms with E-state index in [1.54, 1.807) is 30.6 Å². The Morgan fingerprint density at radius 1 is 1.13 bits per heavy atom. The Hall–Kier alpha value is -2.43. The second kappa shape index (κ2) is 8.75. The summed E-state index contributed by atoms with van der Waals surface area (Å²) in [6.45, 7) is 0.0980. The Labute approximate surface area is 176 Å². The van der Waals surface area contributed by atoms with Gasteiger partial charge in [0.2, 0.25) is 15.9 Å². The molecule has 0 aliphatic carbocycles. The molecule has 0 atom stereocenters. The second-order valence-electron chi connectivity index (χ2n) is 6.49. The molecule has 1 aliphatic rings. The Morgan fingerprint density at radius 3 is 2.43 bits per heavy atom. The van der Waals surface area contributed by atoms with Gasteiger partial charge in [-0.05, 0) is 35.9 Å². The topological polar surface area (TPSA) is 70.6 Å². The van der Waals surface area contributed by atoms with Gasteiger partial charge in [-0.1, -0.05) is 17.7 Å². The summed E-state index contributed by atoms with van der Waals surface area (Å²) in [6, 6.07) is 5.69. The highest BCUT2D eigenvalue weighted by atomic mass is 35.5. The summed E-state index contributed by atoms with van der Waals surface area (Å²) in [7, 11) is -4.24. The van der Waals surface area contributed by atoms with Gasteiger partial charge in [-0.3, -0.25) is 9.78 Å². The Kier molecular flexibility index (Phi) is 6.49. The third-order valence-corrected chi connectivity index (χ3v) is 6.91. The molecule has 1 aromatic heterocycles. The van der Waals surface area contributed by atoms with E-state index in [1.807, 2.05) is 0 Å². The fourth-order valence-corrected chi connectivity index (χ4v) is 4.84. The van der Waals surface area contributed by atoms with Gasteiger partial charge >= 0.3 is 6.18 Å². The highest BCUT2D eigenvalue weighted by Gasteiger charge is 2.35. The van der Waals surface area contributed by atoms with Crippen LogP contribution in [0.15, 0.2) is 53.7 Å². The van der Waals surface area contributed by atoms with Crippen LogP contribution in [0, 0.1) is 0 Å². The normalized spacial score (nSPS) is 16.2. The van der Waals surface area contributed by atoms with Gasteiger partial charge in [-0.25, -0.2) is 8.42 Å². The van der Waals surface area contributed by atoms with Crippen molar-refractivity contribution in [1.29, 1.82) is 0 Å². The molecule has 11 heteroatoms. The zero-order valence-corrected chi connectivity index (χ0v) is 17.1. The third kappa shape index (κ3) is 5.00. The number of nitrogens with zero attached hydrogens (tertiary/aromatic N) is 3. The Bertz CT molecular complexity index is 1050. The number of piperazine rings is 1. The van der Waals surface area contributed by atoms with Crippen LogP contribution < -0.4 is 0 Å². The molecule has 1 amide bonds. The molecular formula is C19H17ClF3N3O3S. The summed E-state index contributed by atoms with van der Waals surface area (Å²) in [5.74, 6) is -0.298. The van der Waals surface area contributed by atoms with E-state index in [9.17, 15) is 26.4 Å². The van der Waals surface area contributed by atoms with Gasteiger partial charge in [0.05, 0.1) is 10.6 Å². The molecule has 2 heterocycles. The summed E-state index contributed by atoms with van der Waals surface area (Å²) in [6.07, 6.45) is 1.47. The molecule has 0 unspecified atom stereocenters. The lowest BCUT2D eigenvalue weighted by Crippen LogP contribution is -2.50. The summed E-state index contributed by atoms with van der Waals surface area (Å²) in [4.78, 5) is 17.1. The van der Waals surface area contributed by atoms with Crippen LogP contribution in [-0.4, -0.2) is 54.7 Å². The maximum absolute atomic E-state index is 13.0. The summed E-state index contributed by atoms with van der Waals surface area (Å²) in [5.41, 5.74) is -0.355. The summed E-state index contributed by atoms with van der Waals surface area (Å²) >= 11 is 5.88. The zero-order chi connectivity index (χ0) is 21.9. The van der Waals surface area contributed by atoms with E-state index in [1.165, 1.54) is 11.0 Å². The Balaban J connectivity index is 1.70. The van der Waals surface area contributed by atoms with Crippen molar-refractivity contribution in [1.82, 2.24) is 14.2 Å². The minimum Gasteiger partial charge on any atom is -0.337 e. The predicted octanol–water partition coefficient (Wildman–Crippen LogP) is 3.30. The standard InChI is InChI=1S/C19H17ClF3N3O3S/c20-16-5-4-15(19(21,22)23)12-17(16)30(28,29)26-10-8-25(9-11-26)18(27)6-3-14-2-1-7-24-13-14/h1-7,12-13H,8-11H2/b6-3+. The van der Waals surface area contributed by atoms with Crippen LogP contribution in [0.5, 0.6) is 0 Å². The van der Waals surface area contributed by atoms with E-state index < -0.39 is 26.7 Å². The van der Waals surface area contributed by atoms with Crippen LogP contribution in [0.25, 0.3) is 6.08 Å². The lowest BCUT2D eigenvalue weighted by Gasteiger charge is -2.33. The number of amides is 1. The number of aromatic nitrogens is 1. The SMILES string of the molecule is O=C(/C=C/c1cccnc1)N1CCN(S(=O)(=O)c2cc(C(F)(F)F)ccc2Cl)CC1. The van der Waals surface area contributed by atoms with Gasteiger partial charge in [0.25, 0.3) is 0 Å². The molecule has 3 rings (SSSR count). The number of pyridine rings is 1. The van der Waals surface area contributed by atoms with Crippen molar-refractivity contribution in [2.75, 3.05) is 26.2 Å². The number of alkyl halides is 3. The van der Waals surface area contributed by atoms with Crippen molar-refractivity contribution in [3.05, 3.63) is 65.0 Å². The number of carbonyl (C=O) groups is 1. The molecule has 0 spiro atoms. The van der Waals surface area contributed by atoms with Crippen molar-refractivity contribution >= 4 is 33.6 Å². The van der Waals surface area contributed by atoms with Gasteiger partial charge in [0.1, 0.15) is 4.90 Å². The lowest BCUT2D eigenvalue weighted by molar-refractivity contribution is -0.137. The average Bonchev–Trinajstić information content (AvgIpc) is 2.72. The first-order valence-corrected chi connectivity index (χ1v) is 10.6. The van der Waals surface area contributed by atoms with Gasteiger partial charge in [0, 0.05) is 44.6 Å². The highest BCUT2D eigenvalue weighted by molar-refractivity contribution is 7.89. The predicted molar refractivity (Wildman–Crippen MR) is 105 cm³/mol. The molecule has 2 aromatic rings. The molecule has 0 radical (unpaired) electrons. The lowest BCUT2D eigenvalue weighted by atomic mass is 10.2. The molecule has 160 valence electrons. The van der Waals surface area contributed by atoms with E-state index >= 15 is 0 Å². The van der Waals surface area contributed by atoms with Crippen LogP contribution >= 0.6 is 11.6 Å². The molecule has 1 aliphatic heterocycles. The number of rotatable bonds is 4. The summed E-state index contributed by atoms with van der Waals surface area (Å²) in [5, 5.41) is -0.291. The minimum atomic E-state index is -4.69. The average molecular weight is 460 g/mol. The number of sulfonamides is 1. The smallest absolute Gasteiger partial charge is 0.337 e. The number of carbonyl (C=O) groups excluding carboxylic acids is 1. The fraction of sp³-hybridized carbons (Fsp3) is 0.263. The molecule has 1 aromatic carbocycles. The first-order chi connectivity index (χ1) is 14.1. The quantitative estimate of drug-likeness (QED) is 0.658. The first kappa shape index (κ1) is 22.3. The van der Waals surface area contributed by atoms with Crippen molar-refractivity contribution in [3.8, 4) is 0 Å². The van der Waals surface area contributed by atoms with E-state index in [0.717, 1.165) is 22.0 Å². The van der Waals surface area contributed by atoms with Crippen LogP contribution in [0.3, 0.4) is 0 Å². The molecular weight excluding hydrogens is 443 g/mol. The Morgan fingerprint density at radius 2 is 1.83 bits per heavy atom. The monoisotopic (exact) mass is 459 g/mol. The molecule has 6 nitrogen and oxygen atoms in total. The first-order valence-electron chi connectivity index (χ1n) is 8.83. The number of hydrogen-bond acceptors (Lipinski definition) is 4. The number of benzene rings is 1. The molecule has 30 heavy (non-hydrogen) atoms. The van der Waals surface area contributed by atoms with Crippen molar-refractivity contribution < 1.29 is 26.4 Å². The highest BCUT2D eigenvalue weighted by Crippen LogP contribution is 2.34. The second-order valence-corrected chi connectivity index (χ2v) is 8.81. The molecule has 1 saturated heterocycles. The van der Waals surface area contributed by atoms with Crippen molar-refractivity contribution in [2.45, 2.75) is 11.1 Å². The van der Waals surface area contributed by atoms with Gasteiger partial charge in [-0.2, -0.15) is 17.5 Å². The van der Waals surface area contributed by atoms with Crippen molar-refractivity contribution in [3.63, 3.8) is 0 Å². The third-order valence-electron chi connectivity index (χ3n) is 4.53.